The summed E-state index contributed by atoms with van der Waals surface area (Å²) in [5, 5.41) is 0. The van der Waals surface area contributed by atoms with Crippen molar-refractivity contribution in [3.63, 3.8) is 0 Å². The molecule has 2 aromatic rings. The zero-order valence-corrected chi connectivity index (χ0v) is 16.2. The Balaban J connectivity index is 2.01. The Bertz CT molecular complexity index is 720. The maximum Gasteiger partial charge on any atom is 0.260 e. The average molecular weight is 408 g/mol. The van der Waals surface area contributed by atoms with Crippen LogP contribution in [0.1, 0.15) is 12.5 Å². The molecule has 0 aliphatic heterocycles. The van der Waals surface area contributed by atoms with Crippen LogP contribution in [0.2, 0.25) is 0 Å². The molecule has 0 spiro atoms. The third kappa shape index (κ3) is 5.13. The van der Waals surface area contributed by atoms with Gasteiger partial charge in [-0.2, -0.15) is 0 Å². The molecule has 0 unspecified atom stereocenters. The molecule has 134 valence electrons. The van der Waals surface area contributed by atoms with Crippen LogP contribution < -0.4 is 14.2 Å². The molecule has 0 aromatic heterocycles. The number of benzene rings is 2. The quantitative estimate of drug-likeness (QED) is 0.665. The molecule has 0 radical (unpaired) electrons. The van der Waals surface area contributed by atoms with E-state index in [1.54, 1.807) is 19.1 Å². The molecule has 2 rings (SSSR count). The Kier molecular flexibility index (Phi) is 7.13. The standard InChI is InChI=1S/C19H22BrNO4/c1-4-21(12-14-9-10-17(23-2)18(11-14)24-3)19(22)13-25-16-8-6-5-7-15(16)20/h5-11H,4,12-13H2,1-3H3. The van der Waals surface area contributed by atoms with Gasteiger partial charge >= 0.3 is 0 Å². The Labute approximate surface area is 156 Å². The van der Waals surface area contributed by atoms with Gasteiger partial charge in [-0.3, -0.25) is 4.79 Å². The second-order valence-electron chi connectivity index (χ2n) is 5.32. The van der Waals surface area contributed by atoms with Gasteiger partial charge in [0.1, 0.15) is 5.75 Å². The van der Waals surface area contributed by atoms with Crippen molar-refractivity contribution in [2.45, 2.75) is 13.5 Å². The SMILES string of the molecule is CCN(Cc1ccc(OC)c(OC)c1)C(=O)COc1ccccc1Br. The van der Waals surface area contributed by atoms with E-state index in [-0.39, 0.29) is 12.5 Å². The van der Waals surface area contributed by atoms with Crippen LogP contribution in [0.4, 0.5) is 0 Å². The van der Waals surface area contributed by atoms with Crippen LogP contribution in [0.15, 0.2) is 46.9 Å². The van der Waals surface area contributed by atoms with Crippen LogP contribution >= 0.6 is 15.9 Å². The number of para-hydroxylation sites is 1. The van der Waals surface area contributed by atoms with Crippen LogP contribution in [0.3, 0.4) is 0 Å². The molecule has 0 bridgehead atoms. The van der Waals surface area contributed by atoms with Gasteiger partial charge in [0.25, 0.3) is 5.91 Å². The third-order valence-corrected chi connectivity index (χ3v) is 4.40. The van der Waals surface area contributed by atoms with Crippen molar-refractivity contribution in [1.29, 1.82) is 0 Å². The highest BCUT2D eigenvalue weighted by molar-refractivity contribution is 9.10. The number of rotatable bonds is 8. The van der Waals surface area contributed by atoms with Gasteiger partial charge < -0.3 is 19.1 Å². The maximum absolute atomic E-state index is 12.5. The molecule has 0 heterocycles. The number of hydrogen-bond acceptors (Lipinski definition) is 4. The van der Waals surface area contributed by atoms with Crippen LogP contribution in [0, 0.1) is 0 Å². The molecule has 0 fully saturated rings. The van der Waals surface area contributed by atoms with E-state index in [9.17, 15) is 4.79 Å². The fraction of sp³-hybridized carbons (Fsp3) is 0.316. The Morgan fingerprint density at radius 1 is 1.04 bits per heavy atom. The van der Waals surface area contributed by atoms with E-state index in [0.29, 0.717) is 30.3 Å². The second-order valence-corrected chi connectivity index (χ2v) is 6.17. The minimum absolute atomic E-state index is 0.0102. The van der Waals surface area contributed by atoms with Gasteiger partial charge in [-0.15, -0.1) is 0 Å². The first-order chi connectivity index (χ1) is 12.1. The van der Waals surface area contributed by atoms with Crippen molar-refractivity contribution in [3.8, 4) is 17.2 Å². The molecule has 5 nitrogen and oxygen atoms in total. The van der Waals surface area contributed by atoms with Crippen LogP contribution in [0.5, 0.6) is 17.2 Å². The lowest BCUT2D eigenvalue weighted by molar-refractivity contribution is -0.133. The van der Waals surface area contributed by atoms with Gasteiger partial charge in [-0.1, -0.05) is 18.2 Å². The lowest BCUT2D eigenvalue weighted by atomic mass is 10.2. The summed E-state index contributed by atoms with van der Waals surface area (Å²) in [6.07, 6.45) is 0. The molecule has 0 aliphatic rings. The maximum atomic E-state index is 12.5. The molecule has 25 heavy (non-hydrogen) atoms. The van der Waals surface area contributed by atoms with E-state index >= 15 is 0 Å². The summed E-state index contributed by atoms with van der Waals surface area (Å²) in [7, 11) is 3.19. The van der Waals surface area contributed by atoms with Gasteiger partial charge in [0.05, 0.1) is 18.7 Å². The number of carbonyl (C=O) groups is 1. The van der Waals surface area contributed by atoms with Crippen LogP contribution in [-0.2, 0) is 11.3 Å². The zero-order chi connectivity index (χ0) is 18.2. The summed E-state index contributed by atoms with van der Waals surface area (Å²) < 4.78 is 17.0. The third-order valence-electron chi connectivity index (χ3n) is 3.74. The topological polar surface area (TPSA) is 48.0 Å². The summed E-state index contributed by atoms with van der Waals surface area (Å²) in [5.41, 5.74) is 0.966. The van der Waals surface area contributed by atoms with E-state index in [1.165, 1.54) is 0 Å². The number of nitrogens with zero attached hydrogens (tertiary/aromatic N) is 1. The molecule has 0 saturated carbocycles. The van der Waals surface area contributed by atoms with E-state index in [1.807, 2.05) is 49.4 Å². The highest BCUT2D eigenvalue weighted by Crippen LogP contribution is 2.28. The first kappa shape index (κ1) is 19.1. The number of ether oxygens (including phenoxy) is 3. The number of halogens is 1. The minimum atomic E-state index is -0.0759. The summed E-state index contributed by atoms with van der Waals surface area (Å²) >= 11 is 3.41. The van der Waals surface area contributed by atoms with Crippen LogP contribution in [-0.4, -0.2) is 38.2 Å². The van der Waals surface area contributed by atoms with Gasteiger partial charge in [0.2, 0.25) is 0 Å². The summed E-state index contributed by atoms with van der Waals surface area (Å²) in [5.74, 6) is 1.89. The lowest BCUT2D eigenvalue weighted by Gasteiger charge is -2.22. The van der Waals surface area contributed by atoms with Gasteiger partial charge in [-0.25, -0.2) is 0 Å². The predicted molar refractivity (Wildman–Crippen MR) is 100 cm³/mol. The van der Waals surface area contributed by atoms with Crippen LogP contribution in [0.25, 0.3) is 0 Å². The summed E-state index contributed by atoms with van der Waals surface area (Å²) in [6.45, 7) is 3.00. The number of methoxy groups -OCH3 is 2. The van der Waals surface area contributed by atoms with Gasteiger partial charge in [0, 0.05) is 13.1 Å². The molecule has 0 atom stereocenters. The largest absolute Gasteiger partial charge is 0.493 e. The monoisotopic (exact) mass is 407 g/mol. The molecule has 6 heteroatoms. The summed E-state index contributed by atoms with van der Waals surface area (Å²) in [4.78, 5) is 14.2. The van der Waals surface area contributed by atoms with E-state index < -0.39 is 0 Å². The van der Waals surface area contributed by atoms with E-state index in [2.05, 4.69) is 15.9 Å². The van der Waals surface area contributed by atoms with Crippen molar-refractivity contribution in [2.75, 3.05) is 27.4 Å². The minimum Gasteiger partial charge on any atom is -0.493 e. The normalized spacial score (nSPS) is 10.2. The smallest absolute Gasteiger partial charge is 0.260 e. The predicted octanol–water partition coefficient (Wildman–Crippen LogP) is 3.89. The Morgan fingerprint density at radius 2 is 1.76 bits per heavy atom. The molecular weight excluding hydrogens is 386 g/mol. The number of hydrogen-bond donors (Lipinski definition) is 0. The number of amides is 1. The highest BCUT2D eigenvalue weighted by Gasteiger charge is 2.15. The van der Waals surface area contributed by atoms with E-state index in [4.69, 9.17) is 14.2 Å². The van der Waals surface area contributed by atoms with Crippen molar-refractivity contribution in [2.24, 2.45) is 0 Å². The zero-order valence-electron chi connectivity index (χ0n) is 14.6. The molecule has 1 amide bonds. The van der Waals surface area contributed by atoms with E-state index in [0.717, 1.165) is 10.0 Å². The molecule has 0 saturated heterocycles. The van der Waals surface area contributed by atoms with Crippen molar-refractivity contribution in [3.05, 3.63) is 52.5 Å². The Hall–Kier alpha value is -2.21. The molecular formula is C19H22BrNO4. The van der Waals surface area contributed by atoms with Crippen molar-refractivity contribution in [1.82, 2.24) is 4.90 Å². The summed E-state index contributed by atoms with van der Waals surface area (Å²) in [6, 6.07) is 13.1. The molecule has 2 aromatic carbocycles. The Morgan fingerprint density at radius 3 is 2.40 bits per heavy atom. The van der Waals surface area contributed by atoms with Crippen molar-refractivity contribution >= 4 is 21.8 Å². The van der Waals surface area contributed by atoms with Gasteiger partial charge in [0.15, 0.2) is 18.1 Å². The second kappa shape index (κ2) is 9.32. The fourth-order valence-corrected chi connectivity index (χ4v) is 2.77. The van der Waals surface area contributed by atoms with Gasteiger partial charge in [-0.05, 0) is 52.7 Å². The fourth-order valence-electron chi connectivity index (χ4n) is 2.37. The average Bonchev–Trinajstić information content (AvgIpc) is 2.64. The number of carbonyl (C=O) groups excluding carboxylic acids is 1. The lowest BCUT2D eigenvalue weighted by Crippen LogP contribution is -2.34. The molecule has 0 aliphatic carbocycles. The number of likely N-dealkylation sites (N-methyl/N-ethyl adjacent to an activating group) is 1. The molecule has 0 N–H and O–H groups in total. The van der Waals surface area contributed by atoms with Crippen molar-refractivity contribution < 1.29 is 19.0 Å². The first-order valence-corrected chi connectivity index (χ1v) is 8.74. The first-order valence-electron chi connectivity index (χ1n) is 7.95. The highest BCUT2D eigenvalue weighted by atomic mass is 79.9.